The van der Waals surface area contributed by atoms with E-state index in [-0.39, 0.29) is 29.4 Å². The third-order valence-electron chi connectivity index (χ3n) is 4.47. The lowest BCUT2D eigenvalue weighted by Gasteiger charge is -2.15. The Morgan fingerprint density at radius 2 is 2.16 bits per heavy atom. The van der Waals surface area contributed by atoms with Gasteiger partial charge < -0.3 is 18.9 Å². The fourth-order valence-corrected chi connectivity index (χ4v) is 3.11. The van der Waals surface area contributed by atoms with E-state index in [2.05, 4.69) is 4.98 Å². The van der Waals surface area contributed by atoms with Gasteiger partial charge in [-0.3, -0.25) is 0 Å². The number of aromatic nitrogens is 1. The molecule has 1 aromatic carbocycles. The van der Waals surface area contributed by atoms with E-state index in [0.29, 0.717) is 30.7 Å². The van der Waals surface area contributed by atoms with Gasteiger partial charge in [-0.1, -0.05) is 11.6 Å². The fourth-order valence-electron chi connectivity index (χ4n) is 2.90. The Bertz CT molecular complexity index is 975. The third-order valence-corrected chi connectivity index (χ3v) is 4.74. The Labute approximate surface area is 187 Å². The summed E-state index contributed by atoms with van der Waals surface area (Å²) in [5.41, 5.74) is -0.550. The van der Waals surface area contributed by atoms with Crippen molar-refractivity contribution in [2.45, 2.75) is 32.0 Å². The van der Waals surface area contributed by atoms with Gasteiger partial charge in [-0.15, -0.1) is 0 Å². The number of ether oxygens (including phenoxy) is 4. The fraction of sp³-hybridized carbons (Fsp3) is 0.364. The van der Waals surface area contributed by atoms with Crippen LogP contribution in [0.5, 0.6) is 17.4 Å². The molecule has 0 bridgehead atoms. The normalized spacial score (nSPS) is 16.3. The molecule has 2 aromatic rings. The molecule has 1 aliphatic heterocycles. The molecule has 0 spiro atoms. The molecule has 2 heterocycles. The van der Waals surface area contributed by atoms with Crippen molar-refractivity contribution < 1.29 is 36.9 Å². The largest absolute Gasteiger partial charge is 0.491 e. The van der Waals surface area contributed by atoms with Crippen LogP contribution in [0.15, 0.2) is 36.5 Å². The quantitative estimate of drug-likeness (QED) is 0.364. The van der Waals surface area contributed by atoms with Crippen LogP contribution < -0.4 is 9.47 Å². The van der Waals surface area contributed by atoms with Crippen LogP contribution in [-0.2, 0) is 20.4 Å². The van der Waals surface area contributed by atoms with E-state index in [1.807, 2.05) is 0 Å². The number of hydrogen-bond donors (Lipinski definition) is 0. The maximum Gasteiger partial charge on any atom is 0.417 e. The van der Waals surface area contributed by atoms with Crippen LogP contribution in [0.3, 0.4) is 0 Å². The highest BCUT2D eigenvalue weighted by Crippen LogP contribution is 2.36. The van der Waals surface area contributed by atoms with Gasteiger partial charge in [0.2, 0.25) is 5.88 Å². The number of nitrogens with zero attached hydrogens (tertiary/aromatic N) is 1. The molecular formula is C22H21ClF3NO5. The van der Waals surface area contributed by atoms with E-state index >= 15 is 0 Å². The maximum atomic E-state index is 12.9. The Morgan fingerprint density at radius 1 is 1.34 bits per heavy atom. The van der Waals surface area contributed by atoms with E-state index in [9.17, 15) is 18.0 Å². The molecule has 6 nitrogen and oxygen atoms in total. The van der Waals surface area contributed by atoms with Crippen LogP contribution >= 0.6 is 11.6 Å². The van der Waals surface area contributed by atoms with Crippen molar-refractivity contribution in [1.82, 2.24) is 4.98 Å². The number of alkyl halides is 3. The number of hydrogen-bond acceptors (Lipinski definition) is 6. The second kappa shape index (κ2) is 10.7. The molecule has 0 saturated carbocycles. The van der Waals surface area contributed by atoms with Crippen molar-refractivity contribution in [1.29, 1.82) is 0 Å². The molecule has 1 aliphatic rings. The van der Waals surface area contributed by atoms with Crippen LogP contribution in [0.2, 0.25) is 5.02 Å². The van der Waals surface area contributed by atoms with E-state index < -0.39 is 17.7 Å². The molecule has 0 N–H and O–H groups in total. The van der Waals surface area contributed by atoms with Gasteiger partial charge in [0, 0.05) is 30.5 Å². The Kier molecular flexibility index (Phi) is 7.98. The van der Waals surface area contributed by atoms with Gasteiger partial charge >= 0.3 is 12.1 Å². The van der Waals surface area contributed by atoms with E-state index in [1.54, 1.807) is 19.1 Å². The Hall–Kier alpha value is -2.78. The summed E-state index contributed by atoms with van der Waals surface area (Å²) < 4.78 is 60.5. The number of carbonyl (C=O) groups is 1. The highest BCUT2D eigenvalue weighted by atomic mass is 35.5. The van der Waals surface area contributed by atoms with Gasteiger partial charge in [0.1, 0.15) is 23.1 Å². The maximum absolute atomic E-state index is 12.9. The van der Waals surface area contributed by atoms with Gasteiger partial charge in [-0.05, 0) is 44.0 Å². The highest BCUT2D eigenvalue weighted by molar-refractivity contribution is 6.31. The zero-order valence-electron chi connectivity index (χ0n) is 17.2. The topological polar surface area (TPSA) is 66.9 Å². The van der Waals surface area contributed by atoms with Gasteiger partial charge in [0.15, 0.2) is 0 Å². The SMILES string of the molecule is CCOC(=O)C=Cc1ccc(OCC2CCCO2)cc1Oc1ncc(C(F)(F)F)cc1Cl. The van der Waals surface area contributed by atoms with Gasteiger partial charge in [0.25, 0.3) is 0 Å². The molecule has 1 atom stereocenters. The molecule has 0 amide bonds. The zero-order valence-corrected chi connectivity index (χ0v) is 17.9. The van der Waals surface area contributed by atoms with Crippen LogP contribution in [-0.4, -0.2) is 36.9 Å². The minimum Gasteiger partial charge on any atom is -0.491 e. The van der Waals surface area contributed by atoms with E-state index in [1.165, 1.54) is 18.2 Å². The average molecular weight is 472 g/mol. The number of carbonyl (C=O) groups excluding carboxylic acids is 1. The predicted octanol–water partition coefficient (Wildman–Crippen LogP) is 5.68. The minimum absolute atomic E-state index is 0.00576. The summed E-state index contributed by atoms with van der Waals surface area (Å²) in [6.07, 6.45) is 0.572. The number of rotatable bonds is 8. The summed E-state index contributed by atoms with van der Waals surface area (Å²) >= 11 is 5.97. The van der Waals surface area contributed by atoms with Crippen molar-refractivity contribution in [3.05, 3.63) is 52.7 Å². The third kappa shape index (κ3) is 6.61. The molecular weight excluding hydrogens is 451 g/mol. The molecule has 1 fully saturated rings. The molecule has 10 heteroatoms. The Morgan fingerprint density at radius 3 is 2.81 bits per heavy atom. The van der Waals surface area contributed by atoms with Crippen LogP contribution in [0, 0.1) is 0 Å². The first-order valence-corrected chi connectivity index (χ1v) is 10.3. The lowest BCUT2D eigenvalue weighted by atomic mass is 10.1. The van der Waals surface area contributed by atoms with E-state index in [0.717, 1.165) is 18.9 Å². The monoisotopic (exact) mass is 471 g/mol. The van der Waals surface area contributed by atoms with Crippen molar-refractivity contribution in [2.24, 2.45) is 0 Å². The molecule has 0 aliphatic carbocycles. The average Bonchev–Trinajstić information content (AvgIpc) is 3.26. The molecule has 3 rings (SSSR count). The summed E-state index contributed by atoms with van der Waals surface area (Å²) in [5, 5.41) is -0.314. The van der Waals surface area contributed by atoms with E-state index in [4.69, 9.17) is 30.5 Å². The first-order chi connectivity index (χ1) is 15.3. The van der Waals surface area contributed by atoms with Crippen LogP contribution in [0.1, 0.15) is 30.9 Å². The van der Waals surface area contributed by atoms with Gasteiger partial charge in [0.05, 0.1) is 18.3 Å². The second-order valence-corrected chi connectivity index (χ2v) is 7.25. The molecule has 172 valence electrons. The summed E-state index contributed by atoms with van der Waals surface area (Å²) in [4.78, 5) is 15.4. The summed E-state index contributed by atoms with van der Waals surface area (Å²) in [6.45, 7) is 2.93. The molecule has 32 heavy (non-hydrogen) atoms. The van der Waals surface area contributed by atoms with Crippen LogP contribution in [0.25, 0.3) is 6.08 Å². The smallest absolute Gasteiger partial charge is 0.417 e. The van der Waals surface area contributed by atoms with Gasteiger partial charge in [-0.25, -0.2) is 9.78 Å². The van der Waals surface area contributed by atoms with Crippen LogP contribution in [0.4, 0.5) is 13.2 Å². The highest BCUT2D eigenvalue weighted by Gasteiger charge is 2.32. The first-order valence-electron chi connectivity index (χ1n) is 9.90. The second-order valence-electron chi connectivity index (χ2n) is 6.84. The number of halogens is 4. The van der Waals surface area contributed by atoms with Crippen molar-refractivity contribution in [2.75, 3.05) is 19.8 Å². The standard InChI is InChI=1S/C22H21ClF3NO5/c1-2-29-20(28)8-6-14-5-7-16(31-13-17-4-3-9-30-17)11-19(14)32-21-18(23)10-15(12-27-21)22(24,25)26/h5-8,10-12,17H,2-4,9,13H2,1H3. The summed E-state index contributed by atoms with van der Waals surface area (Å²) in [5.74, 6) is -0.138. The first kappa shape index (κ1) is 23.9. The lowest BCUT2D eigenvalue weighted by molar-refractivity contribution is -0.138. The predicted molar refractivity (Wildman–Crippen MR) is 111 cm³/mol. The van der Waals surface area contributed by atoms with Crippen molar-refractivity contribution in [3.8, 4) is 17.4 Å². The number of pyridine rings is 1. The lowest BCUT2D eigenvalue weighted by Crippen LogP contribution is -2.16. The number of benzene rings is 1. The summed E-state index contributed by atoms with van der Waals surface area (Å²) in [6, 6.07) is 5.58. The zero-order chi connectivity index (χ0) is 23.1. The molecule has 1 aromatic heterocycles. The molecule has 0 radical (unpaired) electrons. The van der Waals surface area contributed by atoms with Crippen molar-refractivity contribution >= 4 is 23.6 Å². The number of esters is 1. The summed E-state index contributed by atoms with van der Waals surface area (Å²) in [7, 11) is 0. The minimum atomic E-state index is -4.58. The molecule has 1 saturated heterocycles. The molecule has 1 unspecified atom stereocenters. The van der Waals surface area contributed by atoms with Crippen molar-refractivity contribution in [3.63, 3.8) is 0 Å². The van der Waals surface area contributed by atoms with Gasteiger partial charge in [-0.2, -0.15) is 13.2 Å². The Balaban J connectivity index is 1.85.